The minimum absolute atomic E-state index is 0.155. The summed E-state index contributed by atoms with van der Waals surface area (Å²) in [6.45, 7) is 4.62. The average Bonchev–Trinajstić information content (AvgIpc) is 2.11. The molecule has 1 aliphatic carbocycles. The zero-order valence-electron chi connectivity index (χ0n) is 4.84. The van der Waals surface area contributed by atoms with Crippen LogP contribution in [-0.2, 0) is 0 Å². The minimum atomic E-state index is -4.17. The maximum atomic E-state index is 11.6. The van der Waals surface area contributed by atoms with Gasteiger partial charge in [0.2, 0.25) is 0 Å². The van der Waals surface area contributed by atoms with E-state index in [1.807, 2.05) is 0 Å². The van der Waals surface area contributed by atoms with E-state index in [0.717, 1.165) is 0 Å². The summed E-state index contributed by atoms with van der Waals surface area (Å²) in [6.07, 6.45) is -4.17. The monoisotopic (exact) mass is 134 g/mol. The van der Waals surface area contributed by atoms with Crippen molar-refractivity contribution in [1.82, 2.24) is 0 Å². The van der Waals surface area contributed by atoms with E-state index in [1.165, 1.54) is 6.92 Å². The first kappa shape index (κ1) is 6.39. The van der Waals surface area contributed by atoms with Crippen molar-refractivity contribution in [1.29, 1.82) is 0 Å². The van der Waals surface area contributed by atoms with Crippen molar-refractivity contribution in [2.75, 3.05) is 0 Å². The van der Waals surface area contributed by atoms with E-state index < -0.39 is 11.7 Å². The number of alkyl halides is 3. The third kappa shape index (κ3) is 0.866. The van der Waals surface area contributed by atoms with Gasteiger partial charge >= 0.3 is 6.18 Å². The van der Waals surface area contributed by atoms with Gasteiger partial charge in [-0.15, -0.1) is 0 Å². The molecule has 0 heterocycles. The molecule has 1 rings (SSSR count). The maximum absolute atomic E-state index is 11.6. The Balaban J connectivity index is 2.80. The van der Waals surface area contributed by atoms with Gasteiger partial charge in [-0.2, -0.15) is 13.2 Å². The SMILES string of the molecule is C=C1C(C)=C1C(F)(F)F. The molecule has 0 atom stereocenters. The molecule has 0 aromatic heterocycles. The van der Waals surface area contributed by atoms with Crippen LogP contribution in [0.4, 0.5) is 13.2 Å². The Morgan fingerprint density at radius 1 is 1.33 bits per heavy atom. The molecule has 0 unspecified atom stereocenters. The van der Waals surface area contributed by atoms with Crippen LogP contribution in [0.15, 0.2) is 23.3 Å². The van der Waals surface area contributed by atoms with E-state index in [9.17, 15) is 13.2 Å². The highest BCUT2D eigenvalue weighted by atomic mass is 19.4. The van der Waals surface area contributed by atoms with Crippen molar-refractivity contribution in [3.63, 3.8) is 0 Å². The van der Waals surface area contributed by atoms with Crippen LogP contribution < -0.4 is 0 Å². The van der Waals surface area contributed by atoms with E-state index in [4.69, 9.17) is 0 Å². The van der Waals surface area contributed by atoms with Gasteiger partial charge in [0.15, 0.2) is 0 Å². The molecule has 50 valence electrons. The van der Waals surface area contributed by atoms with E-state index in [1.54, 1.807) is 0 Å². The molecule has 0 N–H and O–H groups in total. The van der Waals surface area contributed by atoms with Gasteiger partial charge in [0.25, 0.3) is 0 Å². The zero-order valence-corrected chi connectivity index (χ0v) is 4.84. The van der Waals surface area contributed by atoms with Gasteiger partial charge in [0.05, 0.1) is 5.57 Å². The van der Waals surface area contributed by atoms with Crippen LogP contribution in [-0.4, -0.2) is 6.18 Å². The van der Waals surface area contributed by atoms with Crippen molar-refractivity contribution in [3.05, 3.63) is 23.3 Å². The van der Waals surface area contributed by atoms with Gasteiger partial charge in [-0.25, -0.2) is 0 Å². The molecular formula is C6H5F3. The second-order valence-corrected chi connectivity index (χ2v) is 1.98. The molecule has 0 aromatic carbocycles. The highest BCUT2D eigenvalue weighted by Gasteiger charge is 2.45. The predicted octanol–water partition coefficient (Wildman–Crippen LogP) is 2.44. The summed E-state index contributed by atoms with van der Waals surface area (Å²) in [5, 5.41) is 0. The third-order valence-corrected chi connectivity index (χ3v) is 1.35. The molecular weight excluding hydrogens is 129 g/mol. The quantitative estimate of drug-likeness (QED) is 0.477. The molecule has 0 spiro atoms. The summed E-state index contributed by atoms with van der Waals surface area (Å²) in [6, 6.07) is 0. The van der Waals surface area contributed by atoms with Crippen LogP contribution >= 0.6 is 0 Å². The molecule has 0 radical (unpaired) electrons. The lowest BCUT2D eigenvalue weighted by Gasteiger charge is -1.96. The van der Waals surface area contributed by atoms with Crippen LogP contribution in [0, 0.1) is 0 Å². The average molecular weight is 134 g/mol. The molecule has 0 aliphatic heterocycles. The van der Waals surface area contributed by atoms with Gasteiger partial charge in [-0.05, 0) is 18.1 Å². The Labute approximate surface area is 50.7 Å². The second kappa shape index (κ2) is 1.40. The third-order valence-electron chi connectivity index (χ3n) is 1.35. The lowest BCUT2D eigenvalue weighted by molar-refractivity contribution is -0.0853. The Hall–Kier alpha value is -0.730. The van der Waals surface area contributed by atoms with E-state index in [0.29, 0.717) is 5.57 Å². The van der Waals surface area contributed by atoms with Crippen molar-refractivity contribution >= 4 is 0 Å². The molecule has 3 heteroatoms. The Bertz CT molecular complexity index is 195. The number of hydrogen-bond donors (Lipinski definition) is 0. The zero-order chi connectivity index (χ0) is 7.23. The second-order valence-electron chi connectivity index (χ2n) is 1.98. The van der Waals surface area contributed by atoms with Crippen molar-refractivity contribution < 1.29 is 13.2 Å². The first-order valence-corrected chi connectivity index (χ1v) is 2.42. The van der Waals surface area contributed by atoms with Crippen molar-refractivity contribution in [3.8, 4) is 0 Å². The molecule has 0 bridgehead atoms. The highest BCUT2D eigenvalue weighted by molar-refractivity contribution is 5.65. The molecule has 1 aliphatic rings. The molecule has 0 fully saturated rings. The molecule has 0 saturated carbocycles. The summed E-state index contributed by atoms with van der Waals surface area (Å²) in [7, 11) is 0. The predicted molar refractivity (Wildman–Crippen MR) is 27.9 cm³/mol. The van der Waals surface area contributed by atoms with Crippen molar-refractivity contribution in [2.45, 2.75) is 13.1 Å². The lowest BCUT2D eigenvalue weighted by atomic mass is 10.4. The Morgan fingerprint density at radius 3 is 1.67 bits per heavy atom. The highest BCUT2D eigenvalue weighted by Crippen LogP contribution is 2.47. The van der Waals surface area contributed by atoms with Gasteiger partial charge in [-0.3, -0.25) is 0 Å². The maximum Gasteiger partial charge on any atom is 0.417 e. The fraction of sp³-hybridized carbons (Fsp3) is 0.333. The summed E-state index contributed by atoms with van der Waals surface area (Å²) in [5.41, 5.74) is -0.0764. The summed E-state index contributed by atoms with van der Waals surface area (Å²) >= 11 is 0. The van der Waals surface area contributed by atoms with Crippen LogP contribution in [0.25, 0.3) is 0 Å². The normalized spacial score (nSPS) is 18.9. The molecule has 0 amide bonds. The number of hydrogen-bond acceptors (Lipinski definition) is 0. The van der Waals surface area contributed by atoms with Gasteiger partial charge in [-0.1, -0.05) is 6.58 Å². The minimum Gasteiger partial charge on any atom is -0.166 e. The molecule has 0 nitrogen and oxygen atoms in total. The first-order valence-electron chi connectivity index (χ1n) is 2.42. The van der Waals surface area contributed by atoms with Gasteiger partial charge in [0, 0.05) is 0 Å². The summed E-state index contributed by atoms with van der Waals surface area (Å²) in [4.78, 5) is 0. The molecule has 0 aromatic rings. The van der Waals surface area contributed by atoms with E-state index in [2.05, 4.69) is 6.58 Å². The molecule has 9 heavy (non-hydrogen) atoms. The van der Waals surface area contributed by atoms with Crippen LogP contribution in [0.2, 0.25) is 0 Å². The van der Waals surface area contributed by atoms with Crippen LogP contribution in [0.3, 0.4) is 0 Å². The topological polar surface area (TPSA) is 0 Å². The number of rotatable bonds is 0. The Morgan fingerprint density at radius 2 is 1.67 bits per heavy atom. The van der Waals surface area contributed by atoms with Crippen molar-refractivity contribution in [2.24, 2.45) is 0 Å². The fourth-order valence-corrected chi connectivity index (χ4v) is 0.717. The van der Waals surface area contributed by atoms with E-state index >= 15 is 0 Å². The van der Waals surface area contributed by atoms with Crippen LogP contribution in [0.5, 0.6) is 0 Å². The van der Waals surface area contributed by atoms with Crippen LogP contribution in [0.1, 0.15) is 6.92 Å². The van der Waals surface area contributed by atoms with Gasteiger partial charge < -0.3 is 0 Å². The first-order chi connectivity index (χ1) is 3.94. The lowest BCUT2D eigenvalue weighted by Crippen LogP contribution is -2.03. The molecule has 0 saturated heterocycles. The number of allylic oxidation sites excluding steroid dienone is 3. The number of halogens is 3. The smallest absolute Gasteiger partial charge is 0.166 e. The fourth-order valence-electron chi connectivity index (χ4n) is 0.717. The largest absolute Gasteiger partial charge is 0.417 e. The summed E-state index contributed by atoms with van der Waals surface area (Å²) in [5.74, 6) is 0. The summed E-state index contributed by atoms with van der Waals surface area (Å²) < 4.78 is 34.9. The van der Waals surface area contributed by atoms with Gasteiger partial charge in [0.1, 0.15) is 0 Å². The Kier molecular flexibility index (Phi) is 0.997. The standard InChI is InChI=1S/C6H5F3/c1-3-4(2)5(3)6(7,8)9/h1H2,2H3. The van der Waals surface area contributed by atoms with E-state index in [-0.39, 0.29) is 5.57 Å².